The minimum Gasteiger partial charge on any atom is -0.465 e. The van der Waals surface area contributed by atoms with Crippen LogP contribution < -0.4 is 5.32 Å². The van der Waals surface area contributed by atoms with E-state index in [9.17, 15) is 4.79 Å². The standard InChI is InChI=1S/C11H21NO3/c1-3-10(11(13)15-4-2)12-7-9-5-6-14-8-9/h9-10,12H,3-8H2,1-2H3. The Hall–Kier alpha value is -0.610. The molecular weight excluding hydrogens is 194 g/mol. The Kier molecular flexibility index (Phi) is 5.65. The van der Waals surface area contributed by atoms with Gasteiger partial charge in [-0.2, -0.15) is 0 Å². The number of ether oxygens (including phenoxy) is 2. The Morgan fingerprint density at radius 3 is 2.93 bits per heavy atom. The molecule has 0 aromatic rings. The summed E-state index contributed by atoms with van der Waals surface area (Å²) in [6, 6.07) is -0.162. The van der Waals surface area contributed by atoms with Gasteiger partial charge in [-0.25, -0.2) is 0 Å². The van der Waals surface area contributed by atoms with Crippen molar-refractivity contribution in [2.45, 2.75) is 32.7 Å². The molecule has 0 bridgehead atoms. The van der Waals surface area contributed by atoms with Crippen LogP contribution in [0.25, 0.3) is 0 Å². The second kappa shape index (κ2) is 6.80. The number of esters is 1. The number of hydrogen-bond donors (Lipinski definition) is 1. The van der Waals surface area contributed by atoms with Crippen LogP contribution in [0.5, 0.6) is 0 Å². The Labute approximate surface area is 91.3 Å². The van der Waals surface area contributed by atoms with E-state index in [2.05, 4.69) is 5.32 Å². The van der Waals surface area contributed by atoms with E-state index in [0.29, 0.717) is 12.5 Å². The van der Waals surface area contributed by atoms with E-state index in [1.807, 2.05) is 13.8 Å². The predicted octanol–water partition coefficient (Wildman–Crippen LogP) is 0.954. The molecule has 1 rings (SSSR count). The lowest BCUT2D eigenvalue weighted by Gasteiger charge is -2.17. The zero-order chi connectivity index (χ0) is 11.1. The van der Waals surface area contributed by atoms with E-state index in [0.717, 1.165) is 32.6 Å². The van der Waals surface area contributed by atoms with Crippen LogP contribution >= 0.6 is 0 Å². The molecule has 0 spiro atoms. The lowest BCUT2D eigenvalue weighted by molar-refractivity contribution is -0.145. The first-order valence-electron chi connectivity index (χ1n) is 5.75. The number of nitrogens with one attached hydrogen (secondary N) is 1. The summed E-state index contributed by atoms with van der Waals surface area (Å²) < 4.78 is 10.3. The third-order valence-corrected chi connectivity index (χ3v) is 2.66. The fourth-order valence-corrected chi connectivity index (χ4v) is 1.69. The van der Waals surface area contributed by atoms with Crippen LogP contribution in [0.2, 0.25) is 0 Å². The first-order chi connectivity index (χ1) is 7.27. The van der Waals surface area contributed by atoms with Crippen molar-refractivity contribution < 1.29 is 14.3 Å². The average molecular weight is 215 g/mol. The predicted molar refractivity (Wildman–Crippen MR) is 57.6 cm³/mol. The maximum atomic E-state index is 11.5. The Bertz CT molecular complexity index is 190. The fourth-order valence-electron chi connectivity index (χ4n) is 1.69. The molecule has 4 nitrogen and oxygen atoms in total. The summed E-state index contributed by atoms with van der Waals surface area (Å²) >= 11 is 0. The van der Waals surface area contributed by atoms with Crippen molar-refractivity contribution in [3.8, 4) is 0 Å². The molecule has 0 saturated carbocycles. The molecule has 1 heterocycles. The van der Waals surface area contributed by atoms with Gasteiger partial charge in [-0.3, -0.25) is 4.79 Å². The maximum Gasteiger partial charge on any atom is 0.323 e. The van der Waals surface area contributed by atoms with Gasteiger partial charge in [0.2, 0.25) is 0 Å². The van der Waals surface area contributed by atoms with E-state index >= 15 is 0 Å². The van der Waals surface area contributed by atoms with Gasteiger partial charge in [-0.15, -0.1) is 0 Å². The van der Waals surface area contributed by atoms with Crippen molar-refractivity contribution in [2.75, 3.05) is 26.4 Å². The third-order valence-electron chi connectivity index (χ3n) is 2.66. The summed E-state index contributed by atoms with van der Waals surface area (Å²) in [5.74, 6) is 0.410. The highest BCUT2D eigenvalue weighted by atomic mass is 16.5. The molecule has 0 aromatic heterocycles. The molecule has 2 atom stereocenters. The summed E-state index contributed by atoms with van der Waals surface area (Å²) in [5, 5.41) is 3.24. The zero-order valence-corrected chi connectivity index (χ0v) is 9.62. The Morgan fingerprint density at radius 2 is 2.40 bits per heavy atom. The van der Waals surface area contributed by atoms with E-state index in [1.165, 1.54) is 0 Å². The molecule has 1 fully saturated rings. The molecule has 15 heavy (non-hydrogen) atoms. The summed E-state index contributed by atoms with van der Waals surface area (Å²) in [6.45, 7) is 6.77. The molecule has 1 aliphatic heterocycles. The number of carbonyl (C=O) groups excluding carboxylic acids is 1. The van der Waals surface area contributed by atoms with Gasteiger partial charge in [0.1, 0.15) is 6.04 Å². The quantitative estimate of drug-likeness (QED) is 0.670. The zero-order valence-electron chi connectivity index (χ0n) is 9.62. The van der Waals surface area contributed by atoms with Crippen LogP contribution in [0.4, 0.5) is 0 Å². The van der Waals surface area contributed by atoms with Gasteiger partial charge in [0.05, 0.1) is 13.2 Å². The van der Waals surface area contributed by atoms with Gasteiger partial charge < -0.3 is 14.8 Å². The van der Waals surface area contributed by atoms with Gasteiger partial charge in [0, 0.05) is 13.2 Å². The lowest BCUT2D eigenvalue weighted by Crippen LogP contribution is -2.40. The number of hydrogen-bond acceptors (Lipinski definition) is 4. The summed E-state index contributed by atoms with van der Waals surface area (Å²) in [5.41, 5.74) is 0. The fraction of sp³-hybridized carbons (Fsp3) is 0.909. The summed E-state index contributed by atoms with van der Waals surface area (Å²) in [7, 11) is 0. The molecule has 1 saturated heterocycles. The minimum absolute atomic E-state index is 0.140. The van der Waals surface area contributed by atoms with Crippen molar-refractivity contribution >= 4 is 5.97 Å². The van der Waals surface area contributed by atoms with Crippen LogP contribution in [0.3, 0.4) is 0 Å². The van der Waals surface area contributed by atoms with Crippen molar-refractivity contribution in [1.82, 2.24) is 5.32 Å². The van der Waals surface area contributed by atoms with Gasteiger partial charge in [-0.05, 0) is 25.7 Å². The SMILES string of the molecule is CCOC(=O)C(CC)NCC1CCOC1. The van der Waals surface area contributed by atoms with Gasteiger partial charge >= 0.3 is 5.97 Å². The van der Waals surface area contributed by atoms with E-state index in [1.54, 1.807) is 0 Å². The van der Waals surface area contributed by atoms with Crippen molar-refractivity contribution in [3.63, 3.8) is 0 Å². The average Bonchev–Trinajstić information content (AvgIpc) is 2.72. The topological polar surface area (TPSA) is 47.6 Å². The minimum atomic E-state index is -0.162. The van der Waals surface area contributed by atoms with Crippen molar-refractivity contribution in [2.24, 2.45) is 5.92 Å². The molecule has 0 amide bonds. The monoisotopic (exact) mass is 215 g/mol. The first kappa shape index (κ1) is 12.5. The first-order valence-corrected chi connectivity index (χ1v) is 5.75. The van der Waals surface area contributed by atoms with Gasteiger partial charge in [0.25, 0.3) is 0 Å². The summed E-state index contributed by atoms with van der Waals surface area (Å²) in [6.07, 6.45) is 1.86. The molecule has 1 aliphatic rings. The smallest absolute Gasteiger partial charge is 0.323 e. The van der Waals surface area contributed by atoms with Crippen LogP contribution in [0.1, 0.15) is 26.7 Å². The third kappa shape index (κ3) is 4.18. The lowest BCUT2D eigenvalue weighted by atomic mass is 10.1. The Balaban J connectivity index is 2.23. The van der Waals surface area contributed by atoms with Gasteiger partial charge in [0.15, 0.2) is 0 Å². The molecule has 0 aromatic carbocycles. The highest BCUT2D eigenvalue weighted by molar-refractivity contribution is 5.75. The van der Waals surface area contributed by atoms with Crippen LogP contribution in [-0.2, 0) is 14.3 Å². The van der Waals surface area contributed by atoms with Crippen molar-refractivity contribution in [3.05, 3.63) is 0 Å². The molecule has 0 radical (unpaired) electrons. The molecule has 4 heteroatoms. The normalized spacial score (nSPS) is 22.7. The maximum absolute atomic E-state index is 11.5. The number of carbonyl (C=O) groups is 1. The molecule has 1 N–H and O–H groups in total. The van der Waals surface area contributed by atoms with Crippen molar-refractivity contribution in [1.29, 1.82) is 0 Å². The van der Waals surface area contributed by atoms with E-state index in [4.69, 9.17) is 9.47 Å². The Morgan fingerprint density at radius 1 is 1.60 bits per heavy atom. The highest BCUT2D eigenvalue weighted by Gasteiger charge is 2.21. The molecule has 2 unspecified atom stereocenters. The van der Waals surface area contributed by atoms with Gasteiger partial charge in [-0.1, -0.05) is 6.92 Å². The highest BCUT2D eigenvalue weighted by Crippen LogP contribution is 2.11. The van der Waals surface area contributed by atoms with Crippen LogP contribution in [0.15, 0.2) is 0 Å². The second-order valence-electron chi connectivity index (χ2n) is 3.85. The van der Waals surface area contributed by atoms with Crippen LogP contribution in [0, 0.1) is 5.92 Å². The molecule has 0 aliphatic carbocycles. The largest absolute Gasteiger partial charge is 0.465 e. The van der Waals surface area contributed by atoms with Crippen LogP contribution in [-0.4, -0.2) is 38.4 Å². The second-order valence-corrected chi connectivity index (χ2v) is 3.85. The van der Waals surface area contributed by atoms with E-state index < -0.39 is 0 Å². The molecule has 88 valence electrons. The van der Waals surface area contributed by atoms with E-state index in [-0.39, 0.29) is 12.0 Å². The molecular formula is C11H21NO3. The summed E-state index contributed by atoms with van der Waals surface area (Å²) in [4.78, 5) is 11.5. The number of rotatable bonds is 6.